The van der Waals surface area contributed by atoms with Crippen LogP contribution in [-0.4, -0.2) is 35.0 Å². The van der Waals surface area contributed by atoms with Gasteiger partial charge in [-0.05, 0) is 27.2 Å². The molecule has 0 spiro atoms. The van der Waals surface area contributed by atoms with E-state index in [0.717, 1.165) is 6.42 Å². The van der Waals surface area contributed by atoms with Gasteiger partial charge in [0.25, 0.3) is 0 Å². The van der Waals surface area contributed by atoms with E-state index in [1.54, 1.807) is 20.8 Å². The van der Waals surface area contributed by atoms with Gasteiger partial charge in [0.05, 0.1) is 0 Å². The summed E-state index contributed by atoms with van der Waals surface area (Å²) in [5.74, 6) is 0. The summed E-state index contributed by atoms with van der Waals surface area (Å²) in [6.07, 6.45) is 0.344. The normalized spacial score (nSPS) is 11.2. The smallest absolute Gasteiger partial charge is 0.412 e. The first-order chi connectivity index (χ1) is 5.90. The maximum Gasteiger partial charge on any atom is 0.412 e. The molecule has 0 aromatic carbocycles. The number of hydrogen-bond donors (Lipinski definition) is 1. The number of ether oxygens (including phenoxy) is 1. The fraction of sp³-hybridized carbons (Fsp3) is 0.889. The lowest BCUT2D eigenvalue weighted by atomic mass is 10.2. The summed E-state index contributed by atoms with van der Waals surface area (Å²) in [4.78, 5) is 12.6. The second-order valence-corrected chi connectivity index (χ2v) is 3.89. The molecule has 0 saturated carbocycles. The zero-order chi connectivity index (χ0) is 10.5. The Morgan fingerprint density at radius 2 is 2.00 bits per heavy atom. The van der Waals surface area contributed by atoms with E-state index < -0.39 is 11.7 Å². The van der Waals surface area contributed by atoms with Crippen LogP contribution in [0.4, 0.5) is 4.79 Å². The van der Waals surface area contributed by atoms with Crippen molar-refractivity contribution in [1.82, 2.24) is 4.90 Å². The minimum absolute atomic E-state index is 0.289. The summed E-state index contributed by atoms with van der Waals surface area (Å²) in [7, 11) is 0. The number of hydrogen-bond acceptors (Lipinski definition) is 3. The molecule has 0 fully saturated rings. The van der Waals surface area contributed by atoms with Crippen LogP contribution in [0.1, 0.15) is 34.1 Å². The monoisotopic (exact) mass is 189 g/mol. The average Bonchev–Trinajstić information content (AvgIpc) is 1.96. The largest absolute Gasteiger partial charge is 0.444 e. The number of carbonyl (C=O) groups excluding carboxylic acids is 1. The van der Waals surface area contributed by atoms with Crippen molar-refractivity contribution in [1.29, 1.82) is 0 Å². The van der Waals surface area contributed by atoms with E-state index >= 15 is 0 Å². The van der Waals surface area contributed by atoms with Gasteiger partial charge in [-0.2, -0.15) is 0 Å². The molecule has 78 valence electrons. The third-order valence-electron chi connectivity index (χ3n) is 1.32. The van der Waals surface area contributed by atoms with Crippen molar-refractivity contribution in [3.63, 3.8) is 0 Å². The van der Waals surface area contributed by atoms with Crippen LogP contribution in [0, 0.1) is 0 Å². The Labute approximate surface area is 79.5 Å². The molecule has 0 saturated heterocycles. The summed E-state index contributed by atoms with van der Waals surface area (Å²) in [6.45, 7) is 7.56. The molecule has 0 heterocycles. The third kappa shape index (κ3) is 5.47. The van der Waals surface area contributed by atoms with Crippen molar-refractivity contribution in [2.45, 2.75) is 39.7 Å². The highest BCUT2D eigenvalue weighted by molar-refractivity contribution is 5.67. The Hall–Kier alpha value is -0.770. The zero-order valence-corrected chi connectivity index (χ0v) is 8.83. The molecule has 0 rings (SSSR count). The van der Waals surface area contributed by atoms with Crippen molar-refractivity contribution in [3.05, 3.63) is 0 Å². The molecule has 0 atom stereocenters. The number of aliphatic hydroxyl groups is 1. The highest BCUT2D eigenvalue weighted by Crippen LogP contribution is 2.09. The minimum Gasteiger partial charge on any atom is -0.444 e. The van der Waals surface area contributed by atoms with Gasteiger partial charge in [-0.3, -0.25) is 4.90 Å². The van der Waals surface area contributed by atoms with E-state index in [-0.39, 0.29) is 6.73 Å². The lowest BCUT2D eigenvalue weighted by Gasteiger charge is -2.25. The molecule has 4 nitrogen and oxygen atoms in total. The van der Waals surface area contributed by atoms with Gasteiger partial charge in [0.15, 0.2) is 0 Å². The van der Waals surface area contributed by atoms with Gasteiger partial charge in [-0.15, -0.1) is 0 Å². The van der Waals surface area contributed by atoms with Gasteiger partial charge < -0.3 is 9.84 Å². The molecule has 0 unspecified atom stereocenters. The summed E-state index contributed by atoms with van der Waals surface area (Å²) in [6, 6.07) is 0. The molecular weight excluding hydrogens is 170 g/mol. The minimum atomic E-state index is -0.502. The quantitative estimate of drug-likeness (QED) is 0.686. The molecule has 0 aromatic rings. The van der Waals surface area contributed by atoms with Crippen molar-refractivity contribution < 1.29 is 14.6 Å². The van der Waals surface area contributed by atoms with Crippen molar-refractivity contribution in [2.24, 2.45) is 0 Å². The highest BCUT2D eigenvalue weighted by atomic mass is 16.6. The Morgan fingerprint density at radius 3 is 2.31 bits per heavy atom. The van der Waals surface area contributed by atoms with E-state index in [4.69, 9.17) is 9.84 Å². The average molecular weight is 189 g/mol. The Balaban J connectivity index is 4.06. The topological polar surface area (TPSA) is 49.8 Å². The number of carbonyl (C=O) groups is 1. The Kier molecular flexibility index (Phi) is 4.77. The second-order valence-electron chi connectivity index (χ2n) is 3.89. The molecule has 0 radical (unpaired) electrons. The highest BCUT2D eigenvalue weighted by Gasteiger charge is 2.20. The molecule has 0 aliphatic heterocycles. The number of rotatable bonds is 3. The summed E-state index contributed by atoms with van der Waals surface area (Å²) >= 11 is 0. The number of amides is 1. The van der Waals surface area contributed by atoms with Gasteiger partial charge in [0, 0.05) is 6.54 Å². The Morgan fingerprint density at radius 1 is 1.46 bits per heavy atom. The summed E-state index contributed by atoms with van der Waals surface area (Å²) < 4.78 is 5.07. The maximum atomic E-state index is 11.3. The van der Waals surface area contributed by atoms with Crippen molar-refractivity contribution in [3.8, 4) is 0 Å². The van der Waals surface area contributed by atoms with Gasteiger partial charge in [0.1, 0.15) is 12.3 Å². The fourth-order valence-electron chi connectivity index (χ4n) is 0.816. The van der Waals surface area contributed by atoms with Crippen LogP contribution >= 0.6 is 0 Å². The second kappa shape index (κ2) is 5.07. The molecular formula is C9H19NO3. The van der Waals surface area contributed by atoms with Crippen molar-refractivity contribution in [2.75, 3.05) is 13.3 Å². The van der Waals surface area contributed by atoms with E-state index in [1.165, 1.54) is 4.90 Å². The molecule has 13 heavy (non-hydrogen) atoms. The molecule has 1 amide bonds. The predicted octanol–water partition coefficient (Wildman–Crippen LogP) is 1.58. The third-order valence-corrected chi connectivity index (χ3v) is 1.32. The first kappa shape index (κ1) is 12.2. The van der Waals surface area contributed by atoms with Crippen LogP contribution in [0.5, 0.6) is 0 Å². The maximum absolute atomic E-state index is 11.3. The van der Waals surface area contributed by atoms with E-state index in [9.17, 15) is 4.79 Å². The predicted molar refractivity (Wildman–Crippen MR) is 50.3 cm³/mol. The first-order valence-electron chi connectivity index (χ1n) is 4.49. The molecule has 0 aromatic heterocycles. The van der Waals surface area contributed by atoms with Crippen LogP contribution in [-0.2, 0) is 4.74 Å². The lowest BCUT2D eigenvalue weighted by molar-refractivity contribution is 0.00632. The number of nitrogens with zero attached hydrogens (tertiary/aromatic N) is 1. The molecule has 4 heteroatoms. The molecule has 0 aliphatic rings. The van der Waals surface area contributed by atoms with Gasteiger partial charge in [0.2, 0.25) is 0 Å². The lowest BCUT2D eigenvalue weighted by Crippen LogP contribution is -2.37. The molecule has 0 aliphatic carbocycles. The van der Waals surface area contributed by atoms with Gasteiger partial charge in [-0.25, -0.2) is 4.79 Å². The van der Waals surface area contributed by atoms with Crippen LogP contribution in [0.25, 0.3) is 0 Å². The van der Waals surface area contributed by atoms with Crippen LogP contribution in [0.3, 0.4) is 0 Å². The van der Waals surface area contributed by atoms with Crippen molar-refractivity contribution >= 4 is 6.09 Å². The molecule has 1 N–H and O–H groups in total. The SMILES string of the molecule is CCCN(CO)C(=O)OC(C)(C)C. The fourth-order valence-corrected chi connectivity index (χ4v) is 0.816. The first-order valence-corrected chi connectivity index (χ1v) is 4.49. The van der Waals surface area contributed by atoms with Crippen LogP contribution in [0.15, 0.2) is 0 Å². The number of aliphatic hydroxyl groups excluding tert-OH is 1. The van der Waals surface area contributed by atoms with Crippen LogP contribution < -0.4 is 0 Å². The van der Waals surface area contributed by atoms with Crippen LogP contribution in [0.2, 0.25) is 0 Å². The molecule has 0 bridgehead atoms. The van der Waals surface area contributed by atoms with Gasteiger partial charge >= 0.3 is 6.09 Å². The Bertz CT molecular complexity index is 163. The van der Waals surface area contributed by atoms with E-state index in [1.807, 2.05) is 6.92 Å². The van der Waals surface area contributed by atoms with Gasteiger partial charge in [-0.1, -0.05) is 6.92 Å². The zero-order valence-electron chi connectivity index (χ0n) is 8.83. The summed E-state index contributed by atoms with van der Waals surface area (Å²) in [5.41, 5.74) is -0.502. The summed E-state index contributed by atoms with van der Waals surface area (Å²) in [5, 5.41) is 8.85. The van der Waals surface area contributed by atoms with E-state index in [0.29, 0.717) is 6.54 Å². The van der Waals surface area contributed by atoms with E-state index in [2.05, 4.69) is 0 Å². The standard InChI is InChI=1S/C9H19NO3/c1-5-6-10(7-11)8(12)13-9(2,3)4/h11H,5-7H2,1-4H3.